The summed E-state index contributed by atoms with van der Waals surface area (Å²) in [5.74, 6) is 4.05. The Morgan fingerprint density at radius 3 is 2.04 bits per heavy atom. The van der Waals surface area contributed by atoms with Gasteiger partial charge in [0.2, 0.25) is 0 Å². The summed E-state index contributed by atoms with van der Waals surface area (Å²) >= 11 is 0. The van der Waals surface area contributed by atoms with Crippen LogP contribution in [0.15, 0.2) is 60.8 Å². The van der Waals surface area contributed by atoms with E-state index in [2.05, 4.69) is 124 Å². The third-order valence-electron chi connectivity index (χ3n) is 8.59. The van der Waals surface area contributed by atoms with Crippen LogP contribution >= 0.6 is 0 Å². The number of pyridine rings is 1. The van der Waals surface area contributed by atoms with Crippen molar-refractivity contribution in [2.75, 3.05) is 0 Å². The molecule has 228 valence electrons. The Morgan fingerprint density at radius 2 is 1.38 bits per heavy atom. The zero-order valence-electron chi connectivity index (χ0n) is 28.2. The van der Waals surface area contributed by atoms with Crippen molar-refractivity contribution in [1.29, 1.82) is 0 Å². The van der Waals surface area contributed by atoms with Crippen LogP contribution in [0.5, 0.6) is 11.5 Å². The highest BCUT2D eigenvalue weighted by Crippen LogP contribution is 2.52. The summed E-state index contributed by atoms with van der Waals surface area (Å²) in [7, 11) is 0. The highest BCUT2D eigenvalue weighted by Gasteiger charge is 2.30. The molecule has 0 radical (unpaired) electrons. The fourth-order valence-electron chi connectivity index (χ4n) is 6.45. The molecule has 1 aliphatic rings. The van der Waals surface area contributed by atoms with Crippen molar-refractivity contribution in [3.8, 4) is 34.1 Å². The first-order chi connectivity index (χ1) is 21.1. The van der Waals surface area contributed by atoms with Gasteiger partial charge < -0.3 is 4.74 Å². The number of hydrogen-bond acceptors (Lipinski definition) is 5. The van der Waals surface area contributed by atoms with E-state index in [1.165, 1.54) is 21.9 Å². The lowest BCUT2D eigenvalue weighted by molar-refractivity contribution is 0.400. The lowest BCUT2D eigenvalue weighted by Gasteiger charge is -2.28. The lowest BCUT2D eigenvalue weighted by Crippen LogP contribution is -2.24. The highest BCUT2D eigenvalue weighted by atomic mass is 16.5. The number of nitrogens with zero attached hydrogens (tertiary/aromatic N) is 4. The summed E-state index contributed by atoms with van der Waals surface area (Å²) in [5, 5.41) is 6.76. The van der Waals surface area contributed by atoms with Gasteiger partial charge in [-0.3, -0.25) is 4.98 Å². The molecule has 0 atom stereocenters. The first kappa shape index (κ1) is 29.3. The Labute approximate surface area is 266 Å². The Hall–Kier alpha value is -4.38. The second-order valence-corrected chi connectivity index (χ2v) is 16.0. The zero-order valence-corrected chi connectivity index (χ0v) is 28.2. The maximum absolute atomic E-state index is 6.96. The van der Waals surface area contributed by atoms with Gasteiger partial charge in [0.25, 0.3) is 0 Å². The zero-order chi connectivity index (χ0) is 32.1. The Bertz CT molecular complexity index is 2140. The van der Waals surface area contributed by atoms with Crippen molar-refractivity contribution in [1.82, 2.24) is 19.9 Å². The van der Waals surface area contributed by atoms with Crippen molar-refractivity contribution in [3.63, 3.8) is 0 Å². The van der Waals surface area contributed by atoms with Crippen LogP contribution in [0, 0.1) is 12.3 Å². The molecule has 0 saturated heterocycles. The van der Waals surface area contributed by atoms with E-state index in [-0.39, 0.29) is 16.2 Å². The topological polar surface area (TPSA) is 60.8 Å². The number of fused-ring (bicyclic) bond motifs is 5. The molecule has 0 aliphatic carbocycles. The van der Waals surface area contributed by atoms with Crippen molar-refractivity contribution in [3.05, 3.63) is 83.6 Å². The van der Waals surface area contributed by atoms with E-state index in [0.29, 0.717) is 5.82 Å². The summed E-state index contributed by atoms with van der Waals surface area (Å²) in [6, 6.07) is 19.6. The van der Waals surface area contributed by atoms with Crippen LogP contribution in [-0.2, 0) is 17.3 Å². The summed E-state index contributed by atoms with van der Waals surface area (Å²) in [4.78, 5) is 20.1. The predicted molar refractivity (Wildman–Crippen MR) is 186 cm³/mol. The number of aromatic nitrogens is 4. The smallest absolute Gasteiger partial charge is 0.164 e. The minimum absolute atomic E-state index is 0.0800. The van der Waals surface area contributed by atoms with Gasteiger partial charge in [0.15, 0.2) is 5.82 Å². The molecule has 0 saturated carbocycles. The van der Waals surface area contributed by atoms with Gasteiger partial charge in [0.05, 0.1) is 11.1 Å². The predicted octanol–water partition coefficient (Wildman–Crippen LogP) is 10.7. The molecular formula is C40H42N4O. The third-order valence-corrected chi connectivity index (χ3v) is 8.59. The maximum atomic E-state index is 6.96. The molecule has 0 spiro atoms. The van der Waals surface area contributed by atoms with Crippen LogP contribution in [-0.4, -0.2) is 19.9 Å². The molecule has 0 unspecified atom stereocenters. The quantitative estimate of drug-likeness (QED) is 0.186. The number of hydrogen-bond donors (Lipinski definition) is 0. The van der Waals surface area contributed by atoms with E-state index in [0.717, 1.165) is 67.9 Å². The van der Waals surface area contributed by atoms with Crippen molar-refractivity contribution in [2.45, 2.75) is 86.5 Å². The van der Waals surface area contributed by atoms with Crippen LogP contribution in [0.1, 0.15) is 85.1 Å². The van der Waals surface area contributed by atoms with Crippen molar-refractivity contribution in [2.24, 2.45) is 5.41 Å². The molecule has 4 aromatic carbocycles. The van der Waals surface area contributed by atoms with Gasteiger partial charge in [-0.15, -0.1) is 0 Å². The molecule has 45 heavy (non-hydrogen) atoms. The molecule has 2 aromatic heterocycles. The first-order valence-electron chi connectivity index (χ1n) is 15.9. The Morgan fingerprint density at radius 1 is 0.667 bits per heavy atom. The molecule has 0 bridgehead atoms. The minimum atomic E-state index is -0.223. The molecule has 1 aliphatic heterocycles. The largest absolute Gasteiger partial charge is 0.456 e. The molecule has 0 N–H and O–H groups in total. The van der Waals surface area contributed by atoms with Crippen molar-refractivity contribution >= 4 is 32.3 Å². The van der Waals surface area contributed by atoms with E-state index < -0.39 is 0 Å². The lowest BCUT2D eigenvalue weighted by atomic mass is 9.83. The summed E-state index contributed by atoms with van der Waals surface area (Å²) < 4.78 is 6.96. The molecule has 0 amide bonds. The van der Waals surface area contributed by atoms with E-state index in [4.69, 9.17) is 24.7 Å². The van der Waals surface area contributed by atoms with E-state index in [9.17, 15) is 0 Å². The Kier molecular flexibility index (Phi) is 6.39. The summed E-state index contributed by atoms with van der Waals surface area (Å²) in [6.45, 7) is 21.9. The van der Waals surface area contributed by atoms with Gasteiger partial charge in [-0.05, 0) is 58.5 Å². The average Bonchev–Trinajstić information content (AvgIpc) is 2.95. The standard InChI is InChI=1S/C40H42N4O/c1-22-14-15-25-24(18-22)19-28-33-32-26(16-17-41-33)31-23(20-30(32)45-34(28)29(25)21-38(2,3)4)12-11-13-27(31)35-42-36(39(5,6)7)44-37(43-35)40(8,9)10/h11-20H,21H2,1-10H3. The second kappa shape index (κ2) is 9.81. The van der Waals surface area contributed by atoms with E-state index >= 15 is 0 Å². The first-order valence-corrected chi connectivity index (χ1v) is 15.9. The van der Waals surface area contributed by atoms with E-state index in [1.807, 2.05) is 6.20 Å². The van der Waals surface area contributed by atoms with Gasteiger partial charge in [-0.1, -0.05) is 104 Å². The Balaban J connectivity index is 1.55. The van der Waals surface area contributed by atoms with Crippen molar-refractivity contribution < 1.29 is 4.74 Å². The molecule has 6 aromatic rings. The van der Waals surface area contributed by atoms with Gasteiger partial charge in [0, 0.05) is 39.1 Å². The fourth-order valence-corrected chi connectivity index (χ4v) is 6.45. The molecule has 5 heteroatoms. The molecule has 7 rings (SSSR count). The molecule has 0 fully saturated rings. The normalized spacial score (nSPS) is 13.4. The van der Waals surface area contributed by atoms with Crippen LogP contribution in [0.4, 0.5) is 0 Å². The molecule has 3 heterocycles. The fraction of sp³-hybridized carbons (Fsp3) is 0.350. The second-order valence-electron chi connectivity index (χ2n) is 16.0. The molecule has 5 nitrogen and oxygen atoms in total. The number of rotatable bonds is 2. The van der Waals surface area contributed by atoms with Crippen LogP contribution in [0.25, 0.3) is 55.0 Å². The highest BCUT2D eigenvalue weighted by molar-refractivity contribution is 6.20. The number of aryl methyl sites for hydroxylation is 1. The van der Waals surface area contributed by atoms with Gasteiger partial charge in [0.1, 0.15) is 23.1 Å². The van der Waals surface area contributed by atoms with Gasteiger partial charge >= 0.3 is 0 Å². The SMILES string of the molecule is Cc1ccc2c(CC(C)(C)C)c3c(cc2c1)-c1nccc2c1c(cc1cccc(-c4nc(C(C)(C)C)nc(C(C)(C)C)n4)c12)O3. The average molecular weight is 595 g/mol. The monoisotopic (exact) mass is 594 g/mol. The van der Waals surface area contributed by atoms with Crippen LogP contribution < -0.4 is 4.74 Å². The van der Waals surface area contributed by atoms with Gasteiger partial charge in [-0.2, -0.15) is 0 Å². The summed E-state index contributed by atoms with van der Waals surface area (Å²) in [6.07, 6.45) is 2.83. The third kappa shape index (κ3) is 5.03. The number of benzene rings is 4. The number of ether oxygens (including phenoxy) is 1. The summed E-state index contributed by atoms with van der Waals surface area (Å²) in [5.41, 5.74) is 5.11. The van der Waals surface area contributed by atoms with Crippen LogP contribution in [0.3, 0.4) is 0 Å². The minimum Gasteiger partial charge on any atom is -0.456 e. The van der Waals surface area contributed by atoms with E-state index in [1.54, 1.807) is 0 Å². The van der Waals surface area contributed by atoms with Gasteiger partial charge in [-0.25, -0.2) is 15.0 Å². The molecular weight excluding hydrogens is 552 g/mol. The van der Waals surface area contributed by atoms with Crippen LogP contribution in [0.2, 0.25) is 0 Å². The maximum Gasteiger partial charge on any atom is 0.164 e.